The molecular weight excluding hydrogens is 236 g/mol. The van der Waals surface area contributed by atoms with Gasteiger partial charge in [-0.1, -0.05) is 20.3 Å². The molecule has 1 saturated carbocycles. The van der Waals surface area contributed by atoms with E-state index in [-0.39, 0.29) is 0 Å². The zero-order chi connectivity index (χ0) is 13.7. The SMILES string of the molecule is CCCC1CC(NCCCO)CN(C2CC(C)C2)C1. The molecule has 0 aromatic carbocycles. The highest BCUT2D eigenvalue weighted by Crippen LogP contribution is 2.34. The van der Waals surface area contributed by atoms with Gasteiger partial charge in [0, 0.05) is 31.8 Å². The van der Waals surface area contributed by atoms with Crippen molar-refractivity contribution < 1.29 is 5.11 Å². The molecule has 3 heteroatoms. The topological polar surface area (TPSA) is 35.5 Å². The molecule has 1 aliphatic carbocycles. The maximum atomic E-state index is 8.90. The predicted molar refractivity (Wildman–Crippen MR) is 80.3 cm³/mol. The summed E-state index contributed by atoms with van der Waals surface area (Å²) >= 11 is 0. The molecule has 1 aliphatic heterocycles. The van der Waals surface area contributed by atoms with Crippen LogP contribution in [0.2, 0.25) is 0 Å². The van der Waals surface area contributed by atoms with E-state index in [4.69, 9.17) is 5.11 Å². The minimum Gasteiger partial charge on any atom is -0.396 e. The van der Waals surface area contributed by atoms with Gasteiger partial charge in [-0.05, 0) is 50.5 Å². The van der Waals surface area contributed by atoms with Gasteiger partial charge >= 0.3 is 0 Å². The predicted octanol–water partition coefficient (Wildman–Crippen LogP) is 2.25. The maximum Gasteiger partial charge on any atom is 0.0443 e. The third-order valence-corrected chi connectivity index (χ3v) is 4.90. The van der Waals surface area contributed by atoms with Gasteiger partial charge in [-0.2, -0.15) is 0 Å². The van der Waals surface area contributed by atoms with Crippen molar-refractivity contribution in [3.8, 4) is 0 Å². The van der Waals surface area contributed by atoms with Crippen molar-refractivity contribution in [3.63, 3.8) is 0 Å². The molecule has 1 heterocycles. The number of nitrogens with zero attached hydrogens (tertiary/aromatic N) is 1. The monoisotopic (exact) mass is 268 g/mol. The van der Waals surface area contributed by atoms with Crippen LogP contribution in [-0.2, 0) is 0 Å². The molecule has 0 aromatic heterocycles. The lowest BCUT2D eigenvalue weighted by atomic mass is 9.78. The highest BCUT2D eigenvalue weighted by molar-refractivity contribution is 4.91. The molecular formula is C16H32N2O. The van der Waals surface area contributed by atoms with Crippen LogP contribution in [0.3, 0.4) is 0 Å². The van der Waals surface area contributed by atoms with Crippen molar-refractivity contribution >= 4 is 0 Å². The number of hydrogen-bond acceptors (Lipinski definition) is 3. The first kappa shape index (κ1) is 15.3. The second-order valence-corrected chi connectivity index (χ2v) is 6.80. The smallest absolute Gasteiger partial charge is 0.0443 e. The van der Waals surface area contributed by atoms with Crippen molar-refractivity contribution in [2.24, 2.45) is 11.8 Å². The van der Waals surface area contributed by atoms with Gasteiger partial charge in [0.15, 0.2) is 0 Å². The second-order valence-electron chi connectivity index (χ2n) is 6.80. The Bertz CT molecular complexity index is 253. The van der Waals surface area contributed by atoms with Gasteiger partial charge in [0.2, 0.25) is 0 Å². The number of piperidine rings is 1. The van der Waals surface area contributed by atoms with Crippen LogP contribution >= 0.6 is 0 Å². The molecule has 0 radical (unpaired) electrons. The Kier molecular flexibility index (Phi) is 6.11. The minimum atomic E-state index is 0.308. The summed E-state index contributed by atoms with van der Waals surface area (Å²) in [6.45, 7) is 8.50. The number of rotatable bonds is 7. The number of hydrogen-bond donors (Lipinski definition) is 2. The normalized spacial score (nSPS) is 36.2. The molecule has 0 aromatic rings. The summed E-state index contributed by atoms with van der Waals surface area (Å²) in [5, 5.41) is 12.6. The van der Waals surface area contributed by atoms with Crippen LogP contribution in [0.4, 0.5) is 0 Å². The minimum absolute atomic E-state index is 0.308. The molecule has 0 spiro atoms. The van der Waals surface area contributed by atoms with E-state index < -0.39 is 0 Å². The number of aliphatic hydroxyl groups is 1. The second kappa shape index (κ2) is 7.61. The Hall–Kier alpha value is -0.120. The van der Waals surface area contributed by atoms with E-state index in [1.54, 1.807) is 0 Å². The Morgan fingerprint density at radius 2 is 2.00 bits per heavy atom. The Labute approximate surface area is 118 Å². The fourth-order valence-corrected chi connectivity index (χ4v) is 3.85. The Morgan fingerprint density at radius 3 is 2.63 bits per heavy atom. The third kappa shape index (κ3) is 4.44. The molecule has 0 amide bonds. The maximum absolute atomic E-state index is 8.90. The summed E-state index contributed by atoms with van der Waals surface area (Å²) in [7, 11) is 0. The van der Waals surface area contributed by atoms with Gasteiger partial charge < -0.3 is 10.4 Å². The number of aliphatic hydroxyl groups excluding tert-OH is 1. The average Bonchev–Trinajstić information content (AvgIpc) is 2.35. The largest absolute Gasteiger partial charge is 0.396 e. The first-order chi connectivity index (χ1) is 9.22. The van der Waals surface area contributed by atoms with Crippen LogP contribution in [0.25, 0.3) is 0 Å². The first-order valence-electron chi connectivity index (χ1n) is 8.31. The highest BCUT2D eigenvalue weighted by atomic mass is 16.3. The van der Waals surface area contributed by atoms with Gasteiger partial charge in [0.1, 0.15) is 0 Å². The average molecular weight is 268 g/mol. The van der Waals surface area contributed by atoms with Gasteiger partial charge in [-0.25, -0.2) is 0 Å². The first-order valence-corrected chi connectivity index (χ1v) is 8.31. The van der Waals surface area contributed by atoms with E-state index in [0.29, 0.717) is 12.6 Å². The van der Waals surface area contributed by atoms with Gasteiger partial charge in [0.25, 0.3) is 0 Å². The summed E-state index contributed by atoms with van der Waals surface area (Å²) in [4.78, 5) is 2.75. The van der Waals surface area contributed by atoms with E-state index in [2.05, 4.69) is 24.1 Å². The van der Waals surface area contributed by atoms with Crippen molar-refractivity contribution in [1.29, 1.82) is 0 Å². The molecule has 112 valence electrons. The Morgan fingerprint density at radius 1 is 1.21 bits per heavy atom. The molecule has 0 bridgehead atoms. The third-order valence-electron chi connectivity index (χ3n) is 4.90. The zero-order valence-corrected chi connectivity index (χ0v) is 12.8. The Balaban J connectivity index is 1.81. The highest BCUT2D eigenvalue weighted by Gasteiger charge is 2.35. The van der Waals surface area contributed by atoms with Crippen LogP contribution in [0.15, 0.2) is 0 Å². The molecule has 2 fully saturated rings. The van der Waals surface area contributed by atoms with Crippen molar-refractivity contribution in [2.45, 2.75) is 64.5 Å². The summed E-state index contributed by atoms with van der Waals surface area (Å²) in [6.07, 6.45) is 7.71. The molecule has 2 N–H and O–H groups in total. The van der Waals surface area contributed by atoms with E-state index in [1.165, 1.54) is 45.2 Å². The van der Waals surface area contributed by atoms with E-state index >= 15 is 0 Å². The lowest BCUT2D eigenvalue weighted by Gasteiger charge is -2.47. The van der Waals surface area contributed by atoms with Crippen LogP contribution in [0.1, 0.15) is 52.4 Å². The molecule has 2 aliphatic rings. The van der Waals surface area contributed by atoms with Crippen molar-refractivity contribution in [2.75, 3.05) is 26.2 Å². The van der Waals surface area contributed by atoms with E-state index in [0.717, 1.165) is 30.8 Å². The standard InChI is InChI=1S/C16H32N2O/c1-3-5-14-10-15(17-6-4-7-19)12-18(11-14)16-8-13(2)9-16/h13-17,19H,3-12H2,1-2H3. The zero-order valence-electron chi connectivity index (χ0n) is 12.8. The van der Waals surface area contributed by atoms with Crippen LogP contribution in [0, 0.1) is 11.8 Å². The lowest BCUT2D eigenvalue weighted by Crippen LogP contribution is -2.55. The van der Waals surface area contributed by atoms with Crippen molar-refractivity contribution in [3.05, 3.63) is 0 Å². The fraction of sp³-hybridized carbons (Fsp3) is 1.00. The van der Waals surface area contributed by atoms with Crippen LogP contribution < -0.4 is 5.32 Å². The van der Waals surface area contributed by atoms with Gasteiger partial charge in [0.05, 0.1) is 0 Å². The number of nitrogens with one attached hydrogen (secondary N) is 1. The summed E-state index contributed by atoms with van der Waals surface area (Å²) < 4.78 is 0. The molecule has 19 heavy (non-hydrogen) atoms. The summed E-state index contributed by atoms with van der Waals surface area (Å²) in [5.74, 6) is 1.82. The van der Waals surface area contributed by atoms with Crippen molar-refractivity contribution in [1.82, 2.24) is 10.2 Å². The summed E-state index contributed by atoms with van der Waals surface area (Å²) in [5.41, 5.74) is 0. The molecule has 2 unspecified atom stereocenters. The fourth-order valence-electron chi connectivity index (χ4n) is 3.85. The van der Waals surface area contributed by atoms with Gasteiger partial charge in [-0.15, -0.1) is 0 Å². The lowest BCUT2D eigenvalue weighted by molar-refractivity contribution is 0.0317. The van der Waals surface area contributed by atoms with E-state index in [1.807, 2.05) is 0 Å². The number of likely N-dealkylation sites (tertiary alicyclic amines) is 1. The molecule has 2 atom stereocenters. The molecule has 2 rings (SSSR count). The van der Waals surface area contributed by atoms with Gasteiger partial charge in [-0.3, -0.25) is 4.90 Å². The van der Waals surface area contributed by atoms with E-state index in [9.17, 15) is 0 Å². The molecule has 1 saturated heterocycles. The van der Waals surface area contributed by atoms with Crippen LogP contribution in [0.5, 0.6) is 0 Å². The van der Waals surface area contributed by atoms with Crippen LogP contribution in [-0.4, -0.2) is 48.3 Å². The molecule has 3 nitrogen and oxygen atoms in total. The summed E-state index contributed by atoms with van der Waals surface area (Å²) in [6, 6.07) is 1.50. The quantitative estimate of drug-likeness (QED) is 0.695.